The van der Waals surface area contributed by atoms with Crippen LogP contribution in [0, 0.1) is 0 Å². The van der Waals surface area contributed by atoms with E-state index in [4.69, 9.17) is 0 Å². The zero-order valence-corrected chi connectivity index (χ0v) is 7.02. The van der Waals surface area contributed by atoms with Crippen LogP contribution < -0.4 is 5.32 Å². The van der Waals surface area contributed by atoms with Crippen molar-refractivity contribution in [3.8, 4) is 0 Å². The van der Waals surface area contributed by atoms with Gasteiger partial charge < -0.3 is 9.87 Å². The van der Waals surface area contributed by atoms with Crippen molar-refractivity contribution in [3.05, 3.63) is 17.5 Å². The van der Waals surface area contributed by atoms with E-state index in [-0.39, 0.29) is 0 Å². The number of nitrogens with zero attached hydrogens (tertiary/aromatic N) is 2. The van der Waals surface area contributed by atoms with Crippen molar-refractivity contribution in [2.24, 2.45) is 0 Å². The number of nitrogens with one attached hydrogen (secondary N) is 1. The quantitative estimate of drug-likeness (QED) is 0.586. The van der Waals surface area contributed by atoms with Crippen molar-refractivity contribution < 1.29 is 4.55 Å². The fourth-order valence-electron chi connectivity index (χ4n) is 1.16. The van der Waals surface area contributed by atoms with Crippen molar-refractivity contribution >= 4 is 11.4 Å². The summed E-state index contributed by atoms with van der Waals surface area (Å²) in [5.74, 6) is 0. The van der Waals surface area contributed by atoms with Gasteiger partial charge in [-0.2, -0.15) is 0 Å². The molecule has 0 amide bonds. The molecule has 2 heterocycles. The van der Waals surface area contributed by atoms with Gasteiger partial charge in [0.2, 0.25) is 0 Å². The van der Waals surface area contributed by atoms with E-state index in [9.17, 15) is 4.55 Å². The second kappa shape index (κ2) is 2.51. The van der Waals surface area contributed by atoms with Crippen LogP contribution in [-0.4, -0.2) is 20.0 Å². The van der Waals surface area contributed by atoms with Crippen molar-refractivity contribution in [3.63, 3.8) is 0 Å². The molecule has 0 bridgehead atoms. The summed E-state index contributed by atoms with van der Waals surface area (Å²) in [6.45, 7) is 1.66. The lowest BCUT2D eigenvalue weighted by Crippen LogP contribution is -2.13. The molecule has 4 nitrogen and oxygen atoms in total. The van der Waals surface area contributed by atoms with Crippen molar-refractivity contribution in [2.45, 2.75) is 13.1 Å². The van der Waals surface area contributed by atoms with Crippen LogP contribution in [0.5, 0.6) is 0 Å². The number of fused-ring (bicyclic) bond motifs is 1. The Morgan fingerprint density at radius 3 is 3.18 bits per heavy atom. The number of hydrogen-bond donors (Lipinski definition) is 1. The van der Waals surface area contributed by atoms with Crippen molar-refractivity contribution in [2.75, 3.05) is 6.26 Å². The maximum atomic E-state index is 10.9. The standard InChI is InChI=1S/C6H9N3OS/c1-11(10)9-4-5-2-7-3-6(5)8-9/h4,7H,2-3H2,1H3. The molecule has 0 fully saturated rings. The molecule has 0 radical (unpaired) electrons. The molecule has 0 saturated heterocycles. The van der Waals surface area contributed by atoms with Gasteiger partial charge in [-0.3, -0.25) is 0 Å². The van der Waals surface area contributed by atoms with Gasteiger partial charge in [0.05, 0.1) is 23.3 Å². The van der Waals surface area contributed by atoms with E-state index in [1.54, 1.807) is 6.26 Å². The first-order chi connectivity index (χ1) is 5.27. The molecular weight excluding hydrogens is 162 g/mol. The minimum atomic E-state index is -1.01. The Morgan fingerprint density at radius 1 is 1.73 bits per heavy atom. The predicted octanol–water partition coefficient (Wildman–Crippen LogP) is -0.372. The van der Waals surface area contributed by atoms with Gasteiger partial charge in [-0.05, 0) is 0 Å². The van der Waals surface area contributed by atoms with Gasteiger partial charge in [0.15, 0.2) is 0 Å². The molecule has 0 aromatic carbocycles. The molecule has 2 rings (SSSR count). The highest BCUT2D eigenvalue weighted by Gasteiger charge is 2.17. The minimum Gasteiger partial charge on any atom is -0.592 e. The van der Waals surface area contributed by atoms with Crippen molar-refractivity contribution in [1.29, 1.82) is 0 Å². The van der Waals surface area contributed by atoms with Gasteiger partial charge in [-0.1, -0.05) is 4.09 Å². The first kappa shape index (κ1) is 7.15. The molecule has 1 N–H and O–H groups in total. The summed E-state index contributed by atoms with van der Waals surface area (Å²) in [6, 6.07) is 0. The average molecular weight is 171 g/mol. The largest absolute Gasteiger partial charge is 0.592 e. The predicted molar refractivity (Wildman–Crippen MR) is 42.2 cm³/mol. The lowest BCUT2D eigenvalue weighted by molar-refractivity contribution is 0.583. The summed E-state index contributed by atoms with van der Waals surface area (Å²) in [7, 11) is 0. The summed E-state index contributed by atoms with van der Waals surface area (Å²) < 4.78 is 12.4. The highest BCUT2D eigenvalue weighted by molar-refractivity contribution is 7.89. The normalized spacial score (nSPS) is 18.4. The number of hydrogen-bond acceptors (Lipinski definition) is 3. The maximum absolute atomic E-state index is 10.9. The third kappa shape index (κ3) is 1.15. The molecule has 1 aliphatic rings. The second-order valence-electron chi connectivity index (χ2n) is 2.53. The van der Waals surface area contributed by atoms with E-state index in [2.05, 4.69) is 10.4 Å². The minimum absolute atomic E-state index is 0.805. The van der Waals surface area contributed by atoms with Crippen LogP contribution >= 0.6 is 0 Å². The molecule has 0 saturated carbocycles. The molecule has 1 aromatic rings. The first-order valence-corrected chi connectivity index (χ1v) is 4.91. The summed E-state index contributed by atoms with van der Waals surface area (Å²) in [4.78, 5) is 0. The Morgan fingerprint density at radius 2 is 2.55 bits per heavy atom. The zero-order chi connectivity index (χ0) is 7.84. The van der Waals surface area contributed by atoms with Crippen LogP contribution in [0.15, 0.2) is 6.20 Å². The fourth-order valence-corrected chi connectivity index (χ4v) is 1.65. The number of aromatic nitrogens is 2. The fraction of sp³-hybridized carbons (Fsp3) is 0.500. The zero-order valence-electron chi connectivity index (χ0n) is 6.20. The second-order valence-corrected chi connectivity index (χ2v) is 3.75. The molecule has 1 atom stereocenters. The average Bonchev–Trinajstić information content (AvgIpc) is 2.40. The lowest BCUT2D eigenvalue weighted by Gasteiger charge is -2.01. The Labute approximate surface area is 67.9 Å². The van der Waals surface area contributed by atoms with Gasteiger partial charge in [-0.25, -0.2) is 0 Å². The lowest BCUT2D eigenvalue weighted by atomic mass is 10.3. The first-order valence-electron chi connectivity index (χ1n) is 3.39. The van der Waals surface area contributed by atoms with Gasteiger partial charge in [0.25, 0.3) is 0 Å². The monoisotopic (exact) mass is 171 g/mol. The molecule has 11 heavy (non-hydrogen) atoms. The topological polar surface area (TPSA) is 52.9 Å². The summed E-state index contributed by atoms with van der Waals surface area (Å²) in [5.41, 5.74) is 2.19. The summed E-state index contributed by atoms with van der Waals surface area (Å²) in [5, 5.41) is 7.30. The van der Waals surface area contributed by atoms with E-state index in [0.717, 1.165) is 18.8 Å². The van der Waals surface area contributed by atoms with E-state index in [1.165, 1.54) is 9.65 Å². The van der Waals surface area contributed by atoms with Crippen LogP contribution in [-0.2, 0) is 24.5 Å². The molecule has 0 aliphatic carbocycles. The van der Waals surface area contributed by atoms with Crippen molar-refractivity contribution in [1.82, 2.24) is 14.5 Å². The smallest absolute Gasteiger partial charge is 0.123 e. The van der Waals surface area contributed by atoms with Gasteiger partial charge >= 0.3 is 0 Å². The maximum Gasteiger partial charge on any atom is 0.123 e. The summed E-state index contributed by atoms with van der Waals surface area (Å²) in [6.07, 6.45) is 3.46. The van der Waals surface area contributed by atoms with E-state index >= 15 is 0 Å². The summed E-state index contributed by atoms with van der Waals surface area (Å²) >= 11 is -1.01. The molecule has 60 valence electrons. The molecular formula is C6H9N3OS. The van der Waals surface area contributed by atoms with Crippen LogP contribution in [0.3, 0.4) is 0 Å². The van der Waals surface area contributed by atoms with E-state index in [0.29, 0.717) is 0 Å². The number of rotatable bonds is 1. The van der Waals surface area contributed by atoms with E-state index in [1.807, 2.05) is 6.20 Å². The molecule has 1 unspecified atom stereocenters. The third-order valence-electron chi connectivity index (χ3n) is 1.73. The van der Waals surface area contributed by atoms with Gasteiger partial charge in [0.1, 0.15) is 6.26 Å². The molecule has 1 aliphatic heterocycles. The SMILES string of the molecule is C[S+]([O-])n1cc2c(n1)CNC2. The van der Waals surface area contributed by atoms with Crippen LogP contribution in [0.1, 0.15) is 11.3 Å². The Kier molecular flexibility index (Phi) is 1.63. The Hall–Kier alpha value is -0.520. The van der Waals surface area contributed by atoms with E-state index < -0.39 is 11.4 Å². The van der Waals surface area contributed by atoms with Gasteiger partial charge in [0, 0.05) is 18.7 Å². The van der Waals surface area contributed by atoms with Crippen LogP contribution in [0.4, 0.5) is 0 Å². The highest BCUT2D eigenvalue weighted by Crippen LogP contribution is 2.13. The highest BCUT2D eigenvalue weighted by atomic mass is 32.2. The molecule has 5 heteroatoms. The third-order valence-corrected chi connectivity index (χ3v) is 2.44. The Bertz CT molecular complexity index is 249. The van der Waals surface area contributed by atoms with Crippen LogP contribution in [0.2, 0.25) is 0 Å². The molecule has 1 aromatic heterocycles. The molecule has 0 spiro atoms. The Balaban J connectivity index is 2.34. The van der Waals surface area contributed by atoms with Gasteiger partial charge in [-0.15, -0.1) is 5.10 Å². The van der Waals surface area contributed by atoms with Crippen LogP contribution in [0.25, 0.3) is 0 Å².